The predicted octanol–water partition coefficient (Wildman–Crippen LogP) is 3.65. The van der Waals surface area contributed by atoms with Crippen molar-refractivity contribution < 1.29 is 9.47 Å². The van der Waals surface area contributed by atoms with E-state index in [1.165, 1.54) is 5.56 Å². The molecule has 2 N–H and O–H groups in total. The zero-order chi connectivity index (χ0) is 14.2. The Kier molecular flexibility index (Phi) is 3.14. The number of hydrogen-bond donors (Lipinski definition) is 1. The standard InChI is InChI=1S/C17H19NO2/c1-17(2)10-13-4-3-5-15(16(13)20-17)19-14-8-6-12(11-18)7-9-14/h3-9H,10-11,18H2,1-2H3. The maximum Gasteiger partial charge on any atom is 0.169 e. The summed E-state index contributed by atoms with van der Waals surface area (Å²) < 4.78 is 11.9. The number of ether oxygens (including phenoxy) is 2. The van der Waals surface area contributed by atoms with Crippen LogP contribution in [0.4, 0.5) is 0 Å². The Morgan fingerprint density at radius 3 is 2.60 bits per heavy atom. The van der Waals surface area contributed by atoms with Gasteiger partial charge in [-0.25, -0.2) is 0 Å². The molecule has 0 unspecified atom stereocenters. The summed E-state index contributed by atoms with van der Waals surface area (Å²) in [5, 5.41) is 0. The summed E-state index contributed by atoms with van der Waals surface area (Å²) >= 11 is 0. The monoisotopic (exact) mass is 269 g/mol. The van der Waals surface area contributed by atoms with E-state index in [9.17, 15) is 0 Å². The molecule has 1 aliphatic heterocycles. The lowest BCUT2D eigenvalue weighted by Gasteiger charge is -2.18. The van der Waals surface area contributed by atoms with Crippen molar-refractivity contribution in [3.05, 3.63) is 53.6 Å². The number of hydrogen-bond acceptors (Lipinski definition) is 3. The van der Waals surface area contributed by atoms with Gasteiger partial charge >= 0.3 is 0 Å². The Bertz CT molecular complexity index is 617. The van der Waals surface area contributed by atoms with Gasteiger partial charge in [-0.15, -0.1) is 0 Å². The normalized spacial score (nSPS) is 15.6. The number of rotatable bonds is 3. The molecular weight excluding hydrogens is 250 g/mol. The summed E-state index contributed by atoms with van der Waals surface area (Å²) in [5.41, 5.74) is 7.72. The van der Waals surface area contributed by atoms with E-state index in [1.54, 1.807) is 0 Å². The van der Waals surface area contributed by atoms with Gasteiger partial charge in [-0.05, 0) is 37.6 Å². The topological polar surface area (TPSA) is 44.5 Å². The zero-order valence-electron chi connectivity index (χ0n) is 11.8. The molecule has 0 saturated heterocycles. The van der Waals surface area contributed by atoms with Gasteiger partial charge in [-0.2, -0.15) is 0 Å². The molecular formula is C17H19NO2. The summed E-state index contributed by atoms with van der Waals surface area (Å²) in [6, 6.07) is 13.9. The molecule has 0 atom stereocenters. The molecule has 104 valence electrons. The first-order chi connectivity index (χ1) is 9.57. The second kappa shape index (κ2) is 4.84. The average molecular weight is 269 g/mol. The molecule has 0 amide bonds. The van der Waals surface area contributed by atoms with E-state index < -0.39 is 0 Å². The van der Waals surface area contributed by atoms with E-state index in [-0.39, 0.29) is 5.60 Å². The van der Waals surface area contributed by atoms with Crippen LogP contribution in [0.25, 0.3) is 0 Å². The number of fused-ring (bicyclic) bond motifs is 1. The molecule has 1 aliphatic rings. The number of para-hydroxylation sites is 1. The van der Waals surface area contributed by atoms with E-state index >= 15 is 0 Å². The molecule has 0 fully saturated rings. The Morgan fingerprint density at radius 1 is 1.15 bits per heavy atom. The highest BCUT2D eigenvalue weighted by molar-refractivity contribution is 5.51. The van der Waals surface area contributed by atoms with E-state index in [4.69, 9.17) is 15.2 Å². The van der Waals surface area contributed by atoms with Crippen LogP contribution in [0, 0.1) is 0 Å². The minimum absolute atomic E-state index is 0.162. The fourth-order valence-corrected chi connectivity index (χ4v) is 2.49. The predicted molar refractivity (Wildman–Crippen MR) is 79.3 cm³/mol. The van der Waals surface area contributed by atoms with Crippen molar-refractivity contribution in [2.45, 2.75) is 32.4 Å². The molecule has 2 aromatic rings. The van der Waals surface area contributed by atoms with Gasteiger partial charge < -0.3 is 15.2 Å². The van der Waals surface area contributed by atoms with E-state index in [0.717, 1.165) is 29.2 Å². The van der Waals surface area contributed by atoms with Crippen molar-refractivity contribution in [1.29, 1.82) is 0 Å². The summed E-state index contributed by atoms with van der Waals surface area (Å²) in [4.78, 5) is 0. The molecule has 0 saturated carbocycles. The Hall–Kier alpha value is -2.00. The summed E-state index contributed by atoms with van der Waals surface area (Å²) in [6.45, 7) is 4.72. The molecule has 3 heteroatoms. The third-order valence-electron chi connectivity index (χ3n) is 3.44. The van der Waals surface area contributed by atoms with E-state index in [0.29, 0.717) is 6.54 Å². The quantitative estimate of drug-likeness (QED) is 0.925. The van der Waals surface area contributed by atoms with Gasteiger partial charge in [0, 0.05) is 18.5 Å². The second-order valence-electron chi connectivity index (χ2n) is 5.73. The van der Waals surface area contributed by atoms with Crippen LogP contribution in [0.2, 0.25) is 0 Å². The average Bonchev–Trinajstić information content (AvgIpc) is 2.75. The van der Waals surface area contributed by atoms with Gasteiger partial charge in [0.1, 0.15) is 11.4 Å². The molecule has 0 spiro atoms. The zero-order valence-corrected chi connectivity index (χ0v) is 11.8. The van der Waals surface area contributed by atoms with Crippen LogP contribution in [-0.2, 0) is 13.0 Å². The van der Waals surface area contributed by atoms with Gasteiger partial charge in [0.25, 0.3) is 0 Å². The van der Waals surface area contributed by atoms with Crippen LogP contribution >= 0.6 is 0 Å². The Balaban J connectivity index is 1.87. The molecule has 0 aromatic heterocycles. The minimum atomic E-state index is -0.162. The molecule has 3 rings (SSSR count). The molecule has 0 bridgehead atoms. The smallest absolute Gasteiger partial charge is 0.169 e. The molecule has 2 aromatic carbocycles. The van der Waals surface area contributed by atoms with Crippen molar-refractivity contribution in [2.24, 2.45) is 5.73 Å². The summed E-state index contributed by atoms with van der Waals surface area (Å²) in [6.07, 6.45) is 0.908. The van der Waals surface area contributed by atoms with Crippen LogP contribution in [0.5, 0.6) is 17.2 Å². The second-order valence-corrected chi connectivity index (χ2v) is 5.73. The van der Waals surface area contributed by atoms with Gasteiger partial charge in [-0.3, -0.25) is 0 Å². The van der Waals surface area contributed by atoms with Gasteiger partial charge in [0.2, 0.25) is 0 Å². The lowest BCUT2D eigenvalue weighted by molar-refractivity contribution is 0.135. The first-order valence-electron chi connectivity index (χ1n) is 6.85. The lowest BCUT2D eigenvalue weighted by atomic mass is 10.0. The minimum Gasteiger partial charge on any atom is -0.483 e. The highest BCUT2D eigenvalue weighted by Crippen LogP contribution is 2.43. The number of nitrogens with two attached hydrogens (primary N) is 1. The van der Waals surface area contributed by atoms with Crippen molar-refractivity contribution in [3.63, 3.8) is 0 Å². The van der Waals surface area contributed by atoms with Crippen LogP contribution < -0.4 is 15.2 Å². The van der Waals surface area contributed by atoms with Crippen molar-refractivity contribution in [1.82, 2.24) is 0 Å². The molecule has 20 heavy (non-hydrogen) atoms. The third kappa shape index (κ3) is 2.49. The third-order valence-corrected chi connectivity index (χ3v) is 3.44. The number of benzene rings is 2. The summed E-state index contributed by atoms with van der Waals surface area (Å²) in [7, 11) is 0. The first-order valence-corrected chi connectivity index (χ1v) is 6.85. The van der Waals surface area contributed by atoms with E-state index in [2.05, 4.69) is 19.9 Å². The fourth-order valence-electron chi connectivity index (χ4n) is 2.49. The van der Waals surface area contributed by atoms with Crippen LogP contribution in [-0.4, -0.2) is 5.60 Å². The van der Waals surface area contributed by atoms with E-state index in [1.807, 2.05) is 36.4 Å². The maximum absolute atomic E-state index is 6.00. The summed E-state index contributed by atoms with van der Waals surface area (Å²) in [5.74, 6) is 2.43. The van der Waals surface area contributed by atoms with Crippen molar-refractivity contribution >= 4 is 0 Å². The van der Waals surface area contributed by atoms with Crippen LogP contribution in [0.3, 0.4) is 0 Å². The lowest BCUT2D eigenvalue weighted by Crippen LogP contribution is -2.24. The van der Waals surface area contributed by atoms with Crippen LogP contribution in [0.15, 0.2) is 42.5 Å². The molecule has 0 aliphatic carbocycles. The van der Waals surface area contributed by atoms with Crippen molar-refractivity contribution in [2.75, 3.05) is 0 Å². The first kappa shape index (κ1) is 13.0. The van der Waals surface area contributed by atoms with Crippen molar-refractivity contribution in [3.8, 4) is 17.2 Å². The van der Waals surface area contributed by atoms with Gasteiger partial charge in [0.15, 0.2) is 11.5 Å². The maximum atomic E-state index is 6.00. The molecule has 0 radical (unpaired) electrons. The van der Waals surface area contributed by atoms with Crippen LogP contribution in [0.1, 0.15) is 25.0 Å². The SMILES string of the molecule is CC1(C)Cc2cccc(Oc3ccc(CN)cc3)c2O1. The molecule has 1 heterocycles. The Labute approximate surface area is 119 Å². The fraction of sp³-hybridized carbons (Fsp3) is 0.294. The van der Waals surface area contributed by atoms with Gasteiger partial charge in [-0.1, -0.05) is 24.3 Å². The Morgan fingerprint density at radius 2 is 1.90 bits per heavy atom. The van der Waals surface area contributed by atoms with Gasteiger partial charge in [0.05, 0.1) is 0 Å². The molecule has 3 nitrogen and oxygen atoms in total. The largest absolute Gasteiger partial charge is 0.483 e. The highest BCUT2D eigenvalue weighted by Gasteiger charge is 2.32. The highest BCUT2D eigenvalue weighted by atomic mass is 16.5.